The molecule has 10 heteroatoms. The SMILES string of the molecule is COc1ccc(OCCN2CCN(C(=O)CSc3nnnn3C)CC2)cc1. The smallest absolute Gasteiger partial charge is 0.233 e. The quantitative estimate of drug-likeness (QED) is 0.602. The third kappa shape index (κ3) is 5.57. The van der Waals surface area contributed by atoms with Gasteiger partial charge in [-0.3, -0.25) is 9.69 Å². The Morgan fingerprint density at radius 2 is 1.85 bits per heavy atom. The molecule has 0 bridgehead atoms. The Labute approximate surface area is 162 Å². The molecule has 0 atom stereocenters. The largest absolute Gasteiger partial charge is 0.497 e. The van der Waals surface area contributed by atoms with Crippen LogP contribution in [0.25, 0.3) is 0 Å². The average Bonchev–Trinajstić information content (AvgIpc) is 3.12. The van der Waals surface area contributed by atoms with Crippen LogP contribution in [0.3, 0.4) is 0 Å². The van der Waals surface area contributed by atoms with E-state index in [1.807, 2.05) is 29.2 Å². The summed E-state index contributed by atoms with van der Waals surface area (Å²) in [6.45, 7) is 4.64. The fourth-order valence-corrected chi connectivity index (χ4v) is 3.50. The number of nitrogens with zero attached hydrogens (tertiary/aromatic N) is 6. The highest BCUT2D eigenvalue weighted by atomic mass is 32.2. The number of rotatable bonds is 8. The van der Waals surface area contributed by atoms with Gasteiger partial charge in [-0.1, -0.05) is 11.8 Å². The first-order chi connectivity index (χ1) is 13.2. The summed E-state index contributed by atoms with van der Waals surface area (Å²) in [5, 5.41) is 11.9. The summed E-state index contributed by atoms with van der Waals surface area (Å²) in [6.07, 6.45) is 0. The monoisotopic (exact) mass is 392 g/mol. The summed E-state index contributed by atoms with van der Waals surface area (Å²) in [5.74, 6) is 2.13. The van der Waals surface area contributed by atoms with Crippen LogP contribution in [0.1, 0.15) is 0 Å². The molecule has 0 radical (unpaired) electrons. The third-order valence-electron chi connectivity index (χ3n) is 4.37. The van der Waals surface area contributed by atoms with Gasteiger partial charge in [-0.05, 0) is 34.7 Å². The van der Waals surface area contributed by atoms with Crippen LogP contribution < -0.4 is 9.47 Å². The lowest BCUT2D eigenvalue weighted by atomic mass is 10.3. The zero-order valence-corrected chi connectivity index (χ0v) is 16.4. The number of aryl methyl sites for hydroxylation is 1. The van der Waals surface area contributed by atoms with E-state index in [0.717, 1.165) is 44.2 Å². The molecular formula is C17H24N6O3S. The fourth-order valence-electron chi connectivity index (χ4n) is 2.75. The maximum atomic E-state index is 12.3. The minimum absolute atomic E-state index is 0.122. The molecule has 0 saturated carbocycles. The normalized spacial score (nSPS) is 15.0. The first kappa shape index (κ1) is 19.4. The number of aromatic nitrogens is 4. The highest BCUT2D eigenvalue weighted by Crippen LogP contribution is 2.17. The Morgan fingerprint density at radius 3 is 2.48 bits per heavy atom. The number of amides is 1. The highest BCUT2D eigenvalue weighted by molar-refractivity contribution is 7.99. The second-order valence-corrected chi connectivity index (χ2v) is 7.06. The molecule has 0 N–H and O–H groups in total. The van der Waals surface area contributed by atoms with E-state index in [2.05, 4.69) is 20.4 Å². The van der Waals surface area contributed by atoms with Crippen molar-refractivity contribution < 1.29 is 14.3 Å². The number of carbonyl (C=O) groups is 1. The Balaban J connectivity index is 1.33. The summed E-state index contributed by atoms with van der Waals surface area (Å²) < 4.78 is 12.5. The zero-order valence-electron chi connectivity index (χ0n) is 15.6. The zero-order chi connectivity index (χ0) is 19.1. The molecule has 1 aromatic carbocycles. The van der Waals surface area contributed by atoms with Gasteiger partial charge in [0.15, 0.2) is 0 Å². The number of hydrogen-bond donors (Lipinski definition) is 0. The van der Waals surface area contributed by atoms with E-state index in [9.17, 15) is 4.79 Å². The van der Waals surface area contributed by atoms with Gasteiger partial charge in [0.1, 0.15) is 18.1 Å². The Morgan fingerprint density at radius 1 is 1.15 bits per heavy atom. The van der Waals surface area contributed by atoms with Crippen LogP contribution in [0, 0.1) is 0 Å². The standard InChI is InChI=1S/C17H24N6O3S/c1-21-17(18-19-20-21)27-13-16(24)23-9-7-22(8-10-23)11-12-26-15-5-3-14(25-2)4-6-15/h3-6H,7-13H2,1-2H3. The molecule has 146 valence electrons. The Kier molecular flexibility index (Phi) is 6.88. The molecule has 9 nitrogen and oxygen atoms in total. The molecule has 1 fully saturated rings. The second-order valence-electron chi connectivity index (χ2n) is 6.12. The Hall–Kier alpha value is -2.33. The van der Waals surface area contributed by atoms with Gasteiger partial charge in [-0.15, -0.1) is 5.10 Å². The van der Waals surface area contributed by atoms with Crippen LogP contribution in [0.15, 0.2) is 29.4 Å². The molecule has 1 amide bonds. The van der Waals surface area contributed by atoms with E-state index in [1.54, 1.807) is 18.8 Å². The van der Waals surface area contributed by atoms with Crippen LogP contribution >= 0.6 is 11.8 Å². The minimum atomic E-state index is 0.122. The van der Waals surface area contributed by atoms with Crippen LogP contribution in [0.4, 0.5) is 0 Å². The molecule has 0 aliphatic carbocycles. The van der Waals surface area contributed by atoms with Gasteiger partial charge in [-0.2, -0.15) is 0 Å². The van der Waals surface area contributed by atoms with Crippen LogP contribution in [0.5, 0.6) is 11.5 Å². The molecule has 27 heavy (non-hydrogen) atoms. The van der Waals surface area contributed by atoms with Gasteiger partial charge in [0.2, 0.25) is 11.1 Å². The molecule has 1 saturated heterocycles. The molecule has 2 aromatic rings. The fraction of sp³-hybridized carbons (Fsp3) is 0.529. The molecule has 1 aromatic heterocycles. The van der Waals surface area contributed by atoms with E-state index in [1.165, 1.54) is 11.8 Å². The number of tetrazole rings is 1. The first-order valence-corrected chi connectivity index (χ1v) is 9.76. The van der Waals surface area contributed by atoms with Crippen molar-refractivity contribution in [2.45, 2.75) is 5.16 Å². The predicted octanol–water partition coefficient (Wildman–Crippen LogP) is 0.534. The van der Waals surface area contributed by atoms with E-state index in [4.69, 9.17) is 9.47 Å². The van der Waals surface area contributed by atoms with Crippen molar-refractivity contribution in [1.82, 2.24) is 30.0 Å². The van der Waals surface area contributed by atoms with Gasteiger partial charge in [-0.25, -0.2) is 4.68 Å². The lowest BCUT2D eigenvalue weighted by molar-refractivity contribution is -0.130. The Bertz CT molecular complexity index is 731. The molecule has 0 unspecified atom stereocenters. The molecule has 0 spiro atoms. The molecule has 3 rings (SSSR count). The van der Waals surface area contributed by atoms with E-state index < -0.39 is 0 Å². The van der Waals surface area contributed by atoms with Crippen molar-refractivity contribution in [2.75, 3.05) is 52.2 Å². The van der Waals surface area contributed by atoms with E-state index in [0.29, 0.717) is 17.5 Å². The van der Waals surface area contributed by atoms with Crippen molar-refractivity contribution in [3.8, 4) is 11.5 Å². The number of piperazine rings is 1. The number of carbonyl (C=O) groups excluding carboxylic acids is 1. The summed E-state index contributed by atoms with van der Waals surface area (Å²) in [6, 6.07) is 7.57. The molecule has 1 aliphatic heterocycles. The lowest BCUT2D eigenvalue weighted by Gasteiger charge is -2.34. The maximum Gasteiger partial charge on any atom is 0.233 e. The van der Waals surface area contributed by atoms with Crippen molar-refractivity contribution in [1.29, 1.82) is 0 Å². The summed E-state index contributed by atoms with van der Waals surface area (Å²) in [4.78, 5) is 16.5. The second kappa shape index (κ2) is 9.56. The van der Waals surface area contributed by atoms with Crippen molar-refractivity contribution in [2.24, 2.45) is 7.05 Å². The number of thioether (sulfide) groups is 1. The van der Waals surface area contributed by atoms with Gasteiger partial charge >= 0.3 is 0 Å². The summed E-state index contributed by atoms with van der Waals surface area (Å²) in [5.41, 5.74) is 0. The number of methoxy groups -OCH3 is 1. The van der Waals surface area contributed by atoms with Gasteiger partial charge in [0.05, 0.1) is 12.9 Å². The van der Waals surface area contributed by atoms with Crippen molar-refractivity contribution in [3.05, 3.63) is 24.3 Å². The van der Waals surface area contributed by atoms with Crippen molar-refractivity contribution in [3.63, 3.8) is 0 Å². The van der Waals surface area contributed by atoms with Crippen molar-refractivity contribution >= 4 is 17.7 Å². The highest BCUT2D eigenvalue weighted by Gasteiger charge is 2.21. The lowest BCUT2D eigenvalue weighted by Crippen LogP contribution is -2.50. The number of benzene rings is 1. The summed E-state index contributed by atoms with van der Waals surface area (Å²) in [7, 11) is 3.41. The van der Waals surface area contributed by atoms with Crippen LogP contribution in [0.2, 0.25) is 0 Å². The third-order valence-corrected chi connectivity index (χ3v) is 5.36. The first-order valence-electron chi connectivity index (χ1n) is 8.78. The average molecular weight is 392 g/mol. The maximum absolute atomic E-state index is 12.3. The van der Waals surface area contributed by atoms with E-state index >= 15 is 0 Å². The topological polar surface area (TPSA) is 85.6 Å². The van der Waals surface area contributed by atoms with Gasteiger partial charge in [0, 0.05) is 39.8 Å². The predicted molar refractivity (Wildman–Crippen MR) is 101 cm³/mol. The number of hydrogen-bond acceptors (Lipinski definition) is 8. The molecular weight excluding hydrogens is 368 g/mol. The van der Waals surface area contributed by atoms with Gasteiger partial charge < -0.3 is 14.4 Å². The van der Waals surface area contributed by atoms with Gasteiger partial charge in [0.25, 0.3) is 0 Å². The minimum Gasteiger partial charge on any atom is -0.497 e. The summed E-state index contributed by atoms with van der Waals surface area (Å²) >= 11 is 1.36. The van der Waals surface area contributed by atoms with Crippen LogP contribution in [-0.2, 0) is 11.8 Å². The number of ether oxygens (including phenoxy) is 2. The van der Waals surface area contributed by atoms with E-state index in [-0.39, 0.29) is 5.91 Å². The van der Waals surface area contributed by atoms with Crippen LogP contribution in [-0.4, -0.2) is 88.1 Å². The molecule has 1 aliphatic rings. The molecule has 2 heterocycles.